The van der Waals surface area contributed by atoms with Crippen molar-refractivity contribution < 1.29 is 17.5 Å². The van der Waals surface area contributed by atoms with Crippen LogP contribution in [-0.2, 0) is 15.6 Å². The molecule has 0 bridgehead atoms. The van der Waals surface area contributed by atoms with Crippen LogP contribution < -0.4 is 10.1 Å². The zero-order valence-corrected chi connectivity index (χ0v) is 23.4. The lowest BCUT2D eigenvalue weighted by molar-refractivity contribution is 0.329. The van der Waals surface area contributed by atoms with Crippen molar-refractivity contribution in [2.24, 2.45) is 5.92 Å². The second kappa shape index (κ2) is 11.4. The number of aromatic nitrogens is 3. The molecule has 1 N–H and O–H groups in total. The molecule has 1 fully saturated rings. The van der Waals surface area contributed by atoms with Gasteiger partial charge in [-0.25, -0.2) is 27.8 Å². The molecule has 0 amide bonds. The van der Waals surface area contributed by atoms with Gasteiger partial charge in [-0.2, -0.15) is 0 Å². The molecule has 0 aliphatic heterocycles. The highest BCUT2D eigenvalue weighted by Crippen LogP contribution is 2.34. The third-order valence-corrected chi connectivity index (χ3v) is 9.47. The number of nitrogens with one attached hydrogen (secondary N) is 1. The van der Waals surface area contributed by atoms with Crippen LogP contribution in [-0.4, -0.2) is 36.5 Å². The van der Waals surface area contributed by atoms with Gasteiger partial charge in [-0.1, -0.05) is 43.1 Å². The summed E-state index contributed by atoms with van der Waals surface area (Å²) in [6, 6.07) is 13.2. The van der Waals surface area contributed by atoms with Gasteiger partial charge < -0.3 is 10.1 Å². The molecule has 1 saturated carbocycles. The van der Waals surface area contributed by atoms with E-state index in [2.05, 4.69) is 27.2 Å². The summed E-state index contributed by atoms with van der Waals surface area (Å²) in [5.41, 5.74) is 1.55. The Hall–Kier alpha value is -3.30. The number of methoxy groups -OCH3 is 1. The molecule has 4 aromatic rings. The quantitative estimate of drug-likeness (QED) is 0.248. The Morgan fingerprint density at radius 2 is 1.85 bits per heavy atom. The van der Waals surface area contributed by atoms with Crippen LogP contribution in [0.5, 0.6) is 5.88 Å². The number of benzene rings is 2. The Labute approximate surface area is 232 Å². The first-order valence-corrected chi connectivity index (χ1v) is 15.0. The lowest BCUT2D eigenvalue weighted by Gasteiger charge is -2.28. The van der Waals surface area contributed by atoms with Crippen molar-refractivity contribution in [1.82, 2.24) is 15.0 Å². The van der Waals surface area contributed by atoms with E-state index < -0.39 is 21.4 Å². The largest absolute Gasteiger partial charge is 0.481 e. The number of fused-ring (bicyclic) bond motifs is 1. The van der Waals surface area contributed by atoms with Crippen LogP contribution >= 0.6 is 11.6 Å². The van der Waals surface area contributed by atoms with E-state index in [0.29, 0.717) is 23.1 Å². The third-order valence-electron chi connectivity index (χ3n) is 7.35. The summed E-state index contributed by atoms with van der Waals surface area (Å²) >= 11 is 6.06. The fourth-order valence-corrected chi connectivity index (χ4v) is 6.95. The molecule has 0 atom stereocenters. The molecular formula is C29H30ClFN4O3S. The number of hydrogen-bond donors (Lipinski definition) is 1. The first-order valence-electron chi connectivity index (χ1n) is 13.0. The second-order valence-corrected chi connectivity index (χ2v) is 12.3. The molecule has 0 saturated heterocycles. The number of nitrogens with zero attached hydrogens (tertiary/aromatic N) is 3. The smallest absolute Gasteiger partial charge is 0.223 e. The van der Waals surface area contributed by atoms with Crippen LogP contribution in [0, 0.1) is 11.7 Å². The average Bonchev–Trinajstić information content (AvgIpc) is 2.94. The minimum atomic E-state index is -3.93. The highest BCUT2D eigenvalue weighted by Gasteiger charge is 2.24. The first-order chi connectivity index (χ1) is 18.8. The molecule has 0 spiro atoms. The summed E-state index contributed by atoms with van der Waals surface area (Å²) in [4.78, 5) is 13.3. The van der Waals surface area contributed by atoms with E-state index in [1.165, 1.54) is 44.6 Å². The highest BCUT2D eigenvalue weighted by atomic mass is 35.5. The minimum absolute atomic E-state index is 0.0714. The minimum Gasteiger partial charge on any atom is -0.481 e. The van der Waals surface area contributed by atoms with E-state index in [1.807, 2.05) is 18.2 Å². The molecule has 2 aromatic heterocycles. The van der Waals surface area contributed by atoms with Gasteiger partial charge in [-0.3, -0.25) is 0 Å². The Morgan fingerprint density at radius 1 is 1.08 bits per heavy atom. The van der Waals surface area contributed by atoms with E-state index in [1.54, 1.807) is 18.3 Å². The second-order valence-electron chi connectivity index (χ2n) is 9.90. The van der Waals surface area contributed by atoms with Gasteiger partial charge >= 0.3 is 0 Å². The number of anilines is 1. The van der Waals surface area contributed by atoms with Gasteiger partial charge in [-0.05, 0) is 67.5 Å². The summed E-state index contributed by atoms with van der Waals surface area (Å²) in [6.45, 7) is 2.25. The normalized spacial score (nSPS) is 17.7. The average molecular weight is 569 g/mol. The van der Waals surface area contributed by atoms with Crippen molar-refractivity contribution in [2.45, 2.75) is 55.7 Å². The summed E-state index contributed by atoms with van der Waals surface area (Å²) in [5.74, 6) is 0.124. The monoisotopic (exact) mass is 568 g/mol. The van der Waals surface area contributed by atoms with Crippen LogP contribution in [0.15, 0.2) is 59.6 Å². The molecule has 5 rings (SSSR count). The number of rotatable bonds is 8. The van der Waals surface area contributed by atoms with Gasteiger partial charge in [0.1, 0.15) is 11.6 Å². The van der Waals surface area contributed by atoms with Gasteiger partial charge in [0.25, 0.3) is 0 Å². The van der Waals surface area contributed by atoms with Crippen LogP contribution in [0.4, 0.5) is 10.3 Å². The lowest BCUT2D eigenvalue weighted by Crippen LogP contribution is -2.26. The molecule has 1 aliphatic rings. The molecule has 2 aromatic carbocycles. The van der Waals surface area contributed by atoms with E-state index >= 15 is 4.39 Å². The van der Waals surface area contributed by atoms with Crippen molar-refractivity contribution in [3.8, 4) is 17.0 Å². The van der Waals surface area contributed by atoms with E-state index in [-0.39, 0.29) is 21.5 Å². The Kier molecular flexibility index (Phi) is 8.00. The van der Waals surface area contributed by atoms with Crippen molar-refractivity contribution in [3.05, 3.63) is 71.3 Å². The molecule has 10 heteroatoms. The zero-order valence-electron chi connectivity index (χ0n) is 21.8. The van der Waals surface area contributed by atoms with Crippen molar-refractivity contribution in [2.75, 3.05) is 12.4 Å². The van der Waals surface area contributed by atoms with Gasteiger partial charge in [-0.15, -0.1) is 0 Å². The van der Waals surface area contributed by atoms with Crippen LogP contribution in [0.3, 0.4) is 0 Å². The number of ether oxygens (including phenoxy) is 1. The molecular weight excluding hydrogens is 539 g/mol. The molecule has 1 aliphatic carbocycles. The lowest BCUT2D eigenvalue weighted by atomic mass is 9.85. The standard InChI is InChI=1S/C29H30ClFN4O3S/c1-3-18-8-11-21(12-9-18)33-29-32-16-20-14-19(10-13-25(20)35-29)22-15-24(31)26(34-28(22)38-2)17-39(36,37)27-7-5-4-6-23(27)30/h4-7,10,13-16,18,21H,3,8-9,11-12,17H2,1-2H3,(H,32,33,35). The number of halogens is 2. The highest BCUT2D eigenvalue weighted by molar-refractivity contribution is 7.90. The van der Waals surface area contributed by atoms with Crippen molar-refractivity contribution in [1.29, 1.82) is 0 Å². The summed E-state index contributed by atoms with van der Waals surface area (Å²) < 4.78 is 46.4. The van der Waals surface area contributed by atoms with Crippen LogP contribution in [0.2, 0.25) is 5.02 Å². The maximum absolute atomic E-state index is 15.2. The first kappa shape index (κ1) is 27.3. The number of pyridine rings is 1. The van der Waals surface area contributed by atoms with Crippen molar-refractivity contribution in [3.63, 3.8) is 0 Å². The zero-order chi connectivity index (χ0) is 27.6. The SMILES string of the molecule is CCC1CCC(Nc2ncc3cc(-c4cc(F)c(CS(=O)(=O)c5ccccc5Cl)nc4OC)ccc3n2)CC1. The van der Waals surface area contributed by atoms with Crippen LogP contribution in [0.1, 0.15) is 44.7 Å². The Balaban J connectivity index is 1.39. The van der Waals surface area contributed by atoms with Gasteiger partial charge in [0, 0.05) is 23.2 Å². The summed E-state index contributed by atoms with van der Waals surface area (Å²) in [5, 5.41) is 4.32. The summed E-state index contributed by atoms with van der Waals surface area (Å²) in [7, 11) is -2.52. The topological polar surface area (TPSA) is 94.1 Å². The number of sulfone groups is 1. The fourth-order valence-electron chi connectivity index (χ4n) is 5.09. The van der Waals surface area contributed by atoms with Crippen molar-refractivity contribution >= 4 is 38.3 Å². The van der Waals surface area contributed by atoms with Gasteiger partial charge in [0.15, 0.2) is 9.84 Å². The molecule has 0 unspecified atom stereocenters. The maximum atomic E-state index is 15.2. The molecule has 7 nitrogen and oxygen atoms in total. The van der Waals surface area contributed by atoms with E-state index in [4.69, 9.17) is 16.3 Å². The maximum Gasteiger partial charge on any atom is 0.223 e. The Bertz CT molecular complexity index is 1610. The van der Waals surface area contributed by atoms with Gasteiger partial charge in [0.2, 0.25) is 11.8 Å². The summed E-state index contributed by atoms with van der Waals surface area (Å²) in [6.07, 6.45) is 7.66. The predicted octanol–water partition coefficient (Wildman–Crippen LogP) is 6.85. The van der Waals surface area contributed by atoms with Gasteiger partial charge in [0.05, 0.1) is 28.2 Å². The third kappa shape index (κ3) is 5.99. The Morgan fingerprint density at radius 3 is 2.56 bits per heavy atom. The number of hydrogen-bond acceptors (Lipinski definition) is 7. The molecule has 0 radical (unpaired) electrons. The van der Waals surface area contributed by atoms with E-state index in [9.17, 15) is 8.42 Å². The molecule has 2 heterocycles. The van der Waals surface area contributed by atoms with Crippen LogP contribution in [0.25, 0.3) is 22.0 Å². The predicted molar refractivity (Wildman–Crippen MR) is 151 cm³/mol. The molecule has 39 heavy (non-hydrogen) atoms. The molecule has 204 valence electrons. The fraction of sp³-hybridized carbons (Fsp3) is 0.345. The van der Waals surface area contributed by atoms with E-state index in [0.717, 1.165) is 29.7 Å².